The number of rotatable bonds is 3. The van der Waals surface area contributed by atoms with Crippen LogP contribution in [0.3, 0.4) is 0 Å². The lowest BCUT2D eigenvalue weighted by atomic mass is 9.88. The van der Waals surface area contributed by atoms with Crippen LogP contribution in [0.5, 0.6) is 0 Å². The minimum Gasteiger partial charge on any atom is -0.289 e. The number of hydrogen-bond donors (Lipinski definition) is 0. The van der Waals surface area contributed by atoms with Crippen LogP contribution in [0.15, 0.2) is 103 Å². The van der Waals surface area contributed by atoms with E-state index in [1.54, 1.807) is 6.08 Å². The van der Waals surface area contributed by atoms with Crippen LogP contribution in [-0.2, 0) is 4.79 Å². The maximum absolute atomic E-state index is 12.9. The smallest absolute Gasteiger partial charge is 0.186 e. The first-order valence-corrected chi connectivity index (χ1v) is 10.9. The van der Waals surface area contributed by atoms with Crippen LogP contribution < -0.4 is 0 Å². The minimum atomic E-state index is 0.0381. The van der Waals surface area contributed by atoms with Crippen molar-refractivity contribution in [3.05, 3.63) is 137 Å². The van der Waals surface area contributed by atoms with Crippen molar-refractivity contribution in [3.63, 3.8) is 0 Å². The maximum atomic E-state index is 12.9. The molecule has 0 spiro atoms. The van der Waals surface area contributed by atoms with E-state index in [9.17, 15) is 4.79 Å². The van der Waals surface area contributed by atoms with Crippen LogP contribution in [-0.4, -0.2) is 5.78 Å². The van der Waals surface area contributed by atoms with Gasteiger partial charge in [-0.05, 0) is 76.7 Å². The van der Waals surface area contributed by atoms with Crippen molar-refractivity contribution in [1.82, 2.24) is 0 Å². The maximum Gasteiger partial charge on any atom is 0.186 e. The fourth-order valence-corrected chi connectivity index (χ4v) is 4.18. The molecule has 0 N–H and O–H groups in total. The molecule has 0 bridgehead atoms. The van der Waals surface area contributed by atoms with Crippen molar-refractivity contribution in [2.45, 2.75) is 13.8 Å². The average molecular weight is 413 g/mol. The summed E-state index contributed by atoms with van der Waals surface area (Å²) >= 11 is 0. The molecule has 154 valence electrons. The Hall–Kier alpha value is -3.97. The van der Waals surface area contributed by atoms with E-state index in [-0.39, 0.29) is 5.78 Å². The zero-order valence-electron chi connectivity index (χ0n) is 18.3. The molecule has 1 aliphatic rings. The third-order valence-corrected chi connectivity index (χ3v) is 6.03. The van der Waals surface area contributed by atoms with Crippen LogP contribution in [0.1, 0.15) is 33.4 Å². The molecule has 0 aromatic heterocycles. The zero-order valence-corrected chi connectivity index (χ0v) is 18.3. The quantitative estimate of drug-likeness (QED) is 0.317. The highest BCUT2D eigenvalue weighted by molar-refractivity contribution is 6.30. The molecule has 0 radical (unpaired) electrons. The van der Waals surface area contributed by atoms with Crippen molar-refractivity contribution >= 4 is 33.8 Å². The number of fused-ring (bicyclic) bond motifs is 2. The molecule has 0 atom stereocenters. The summed E-state index contributed by atoms with van der Waals surface area (Å²) in [6.45, 7) is 4.19. The van der Waals surface area contributed by atoms with Crippen molar-refractivity contribution < 1.29 is 4.79 Å². The molecular weight excluding hydrogens is 388 g/mol. The van der Waals surface area contributed by atoms with Gasteiger partial charge in [-0.1, -0.05) is 96.1 Å². The summed E-state index contributed by atoms with van der Waals surface area (Å²) in [4.78, 5) is 12.9. The number of allylic oxidation sites excluding steroid dienone is 4. The number of benzene rings is 4. The van der Waals surface area contributed by atoms with Gasteiger partial charge in [-0.15, -0.1) is 0 Å². The Kier molecular flexibility index (Phi) is 5.17. The number of ketones is 1. The second kappa shape index (κ2) is 8.28. The van der Waals surface area contributed by atoms with Crippen LogP contribution in [0.2, 0.25) is 0 Å². The monoisotopic (exact) mass is 412 g/mol. The van der Waals surface area contributed by atoms with Gasteiger partial charge in [0.25, 0.3) is 0 Å². The lowest BCUT2D eigenvalue weighted by Gasteiger charge is -2.15. The predicted octanol–water partition coefficient (Wildman–Crippen LogP) is 7.57. The van der Waals surface area contributed by atoms with Gasteiger partial charge in [0.05, 0.1) is 0 Å². The molecule has 0 amide bonds. The summed E-state index contributed by atoms with van der Waals surface area (Å²) in [5.74, 6) is 0.0381. The molecule has 1 nitrogen and oxygen atoms in total. The van der Waals surface area contributed by atoms with Gasteiger partial charge in [0.15, 0.2) is 5.78 Å². The molecular formula is C31H24O. The largest absolute Gasteiger partial charge is 0.289 e. The van der Waals surface area contributed by atoms with Gasteiger partial charge in [0, 0.05) is 5.57 Å². The Balaban J connectivity index is 1.67. The fraction of sp³-hybridized carbons (Fsp3) is 0.0645. The molecule has 1 heteroatoms. The van der Waals surface area contributed by atoms with Gasteiger partial charge >= 0.3 is 0 Å². The standard InChI is InChI=1S/C31H24O/c1-21-7-11-23(12-8-21)28(24-13-9-22(2)10-14-24)16-17-29-30-20-26-6-4-3-5-25(26)19-27(30)15-18-31(29)32/h3-20H,1-2H3/b29-17+. The summed E-state index contributed by atoms with van der Waals surface area (Å²) in [6.07, 6.45) is 7.66. The molecule has 4 aromatic carbocycles. The molecule has 0 heterocycles. The summed E-state index contributed by atoms with van der Waals surface area (Å²) < 4.78 is 0. The van der Waals surface area contributed by atoms with Gasteiger partial charge in [-0.3, -0.25) is 4.79 Å². The topological polar surface area (TPSA) is 17.1 Å². The first-order chi connectivity index (χ1) is 15.6. The van der Waals surface area contributed by atoms with Crippen LogP contribution in [0.4, 0.5) is 0 Å². The van der Waals surface area contributed by atoms with Gasteiger partial charge in [0.2, 0.25) is 0 Å². The van der Waals surface area contributed by atoms with Crippen molar-refractivity contribution in [3.8, 4) is 0 Å². The van der Waals surface area contributed by atoms with Gasteiger partial charge in [-0.2, -0.15) is 0 Å². The van der Waals surface area contributed by atoms with E-state index in [1.165, 1.54) is 16.5 Å². The van der Waals surface area contributed by atoms with E-state index in [1.807, 2.05) is 24.3 Å². The molecule has 0 saturated carbocycles. The first-order valence-electron chi connectivity index (χ1n) is 10.9. The lowest BCUT2D eigenvalue weighted by Crippen LogP contribution is -2.04. The number of carbonyl (C=O) groups is 1. The molecule has 32 heavy (non-hydrogen) atoms. The van der Waals surface area contributed by atoms with Crippen LogP contribution in [0, 0.1) is 13.8 Å². The molecule has 0 unspecified atom stereocenters. The highest BCUT2D eigenvalue weighted by Gasteiger charge is 2.17. The van der Waals surface area contributed by atoms with Crippen molar-refractivity contribution in [2.75, 3.05) is 0 Å². The molecule has 5 rings (SSSR count). The first kappa shape index (κ1) is 20.0. The van der Waals surface area contributed by atoms with E-state index in [4.69, 9.17) is 0 Å². The molecule has 0 saturated heterocycles. The lowest BCUT2D eigenvalue weighted by molar-refractivity contribution is -0.109. The second-order valence-corrected chi connectivity index (χ2v) is 8.38. The molecule has 0 fully saturated rings. The normalized spacial score (nSPS) is 13.9. The van der Waals surface area contributed by atoms with Crippen LogP contribution >= 0.6 is 0 Å². The predicted molar refractivity (Wildman–Crippen MR) is 135 cm³/mol. The highest BCUT2D eigenvalue weighted by Crippen LogP contribution is 2.32. The third kappa shape index (κ3) is 3.86. The molecule has 1 aliphatic carbocycles. The SMILES string of the molecule is Cc1ccc(C(=C/C=C2/C(=O)C=Cc3cc4ccccc4cc32)c2ccc(C)cc2)cc1. The number of carbonyl (C=O) groups excluding carboxylic acids is 1. The van der Waals surface area contributed by atoms with E-state index < -0.39 is 0 Å². The fourth-order valence-electron chi connectivity index (χ4n) is 4.18. The molecule has 4 aromatic rings. The Labute approximate surface area is 189 Å². The Bertz CT molecular complexity index is 1360. The third-order valence-electron chi connectivity index (χ3n) is 6.03. The van der Waals surface area contributed by atoms with Crippen LogP contribution in [0.25, 0.3) is 28.0 Å². The van der Waals surface area contributed by atoms with Gasteiger partial charge in [0.1, 0.15) is 0 Å². The summed E-state index contributed by atoms with van der Waals surface area (Å²) in [7, 11) is 0. The number of hydrogen-bond acceptors (Lipinski definition) is 1. The van der Waals surface area contributed by atoms with Crippen molar-refractivity contribution in [2.24, 2.45) is 0 Å². The Morgan fingerprint density at radius 2 is 1.25 bits per heavy atom. The van der Waals surface area contributed by atoms with E-state index >= 15 is 0 Å². The summed E-state index contributed by atoms with van der Waals surface area (Å²) in [5.41, 5.74) is 8.61. The number of aryl methyl sites for hydroxylation is 2. The van der Waals surface area contributed by atoms with E-state index in [0.29, 0.717) is 0 Å². The van der Waals surface area contributed by atoms with Gasteiger partial charge in [-0.25, -0.2) is 0 Å². The summed E-state index contributed by atoms with van der Waals surface area (Å²) in [6, 6.07) is 29.6. The molecule has 0 aliphatic heterocycles. The van der Waals surface area contributed by atoms with E-state index in [0.717, 1.165) is 38.8 Å². The van der Waals surface area contributed by atoms with E-state index in [2.05, 4.69) is 92.7 Å². The van der Waals surface area contributed by atoms with Gasteiger partial charge < -0.3 is 0 Å². The Morgan fingerprint density at radius 3 is 1.84 bits per heavy atom. The van der Waals surface area contributed by atoms with Crippen molar-refractivity contribution in [1.29, 1.82) is 0 Å². The second-order valence-electron chi connectivity index (χ2n) is 8.38. The minimum absolute atomic E-state index is 0.0381. The summed E-state index contributed by atoms with van der Waals surface area (Å²) in [5, 5.41) is 2.32. The highest BCUT2D eigenvalue weighted by atomic mass is 16.1. The Morgan fingerprint density at radius 1 is 0.688 bits per heavy atom. The zero-order chi connectivity index (χ0) is 22.1. The average Bonchev–Trinajstić information content (AvgIpc) is 2.81.